The van der Waals surface area contributed by atoms with E-state index in [0.717, 1.165) is 11.1 Å². The standard InChI is InChI=1S/C12H16ClNO3/c1-8-5-11(16-2)10(13)6-9(8)3-4-17-12(15)7-14/h5-6H,3-4,7,14H2,1-2H3. The molecule has 1 aromatic rings. The molecule has 17 heavy (non-hydrogen) atoms. The van der Waals surface area contributed by atoms with Crippen LogP contribution in [0.3, 0.4) is 0 Å². The predicted octanol–water partition coefficient (Wildman–Crippen LogP) is 1.70. The van der Waals surface area contributed by atoms with Crippen LogP contribution in [-0.2, 0) is 16.0 Å². The van der Waals surface area contributed by atoms with Crippen molar-refractivity contribution in [3.8, 4) is 5.75 Å². The molecular formula is C12H16ClNO3. The molecule has 0 aliphatic carbocycles. The Labute approximate surface area is 106 Å². The van der Waals surface area contributed by atoms with Crippen LogP contribution in [0.4, 0.5) is 0 Å². The molecule has 1 rings (SSSR count). The number of nitrogens with two attached hydrogens (primary N) is 1. The van der Waals surface area contributed by atoms with Crippen LogP contribution in [-0.4, -0.2) is 26.2 Å². The number of methoxy groups -OCH3 is 1. The second-order valence-electron chi connectivity index (χ2n) is 3.59. The Morgan fingerprint density at radius 3 is 2.76 bits per heavy atom. The number of carbonyl (C=O) groups is 1. The highest BCUT2D eigenvalue weighted by molar-refractivity contribution is 6.32. The second kappa shape index (κ2) is 6.47. The predicted molar refractivity (Wildman–Crippen MR) is 66.5 cm³/mol. The van der Waals surface area contributed by atoms with E-state index in [1.165, 1.54) is 0 Å². The topological polar surface area (TPSA) is 61.5 Å². The van der Waals surface area contributed by atoms with Gasteiger partial charge in [0.2, 0.25) is 0 Å². The summed E-state index contributed by atoms with van der Waals surface area (Å²) in [5.41, 5.74) is 7.21. The summed E-state index contributed by atoms with van der Waals surface area (Å²) in [7, 11) is 1.57. The van der Waals surface area contributed by atoms with Gasteiger partial charge in [-0.25, -0.2) is 0 Å². The number of aryl methyl sites for hydroxylation is 1. The molecule has 0 amide bonds. The molecule has 1 aromatic carbocycles. The van der Waals surface area contributed by atoms with Crippen LogP contribution in [0.15, 0.2) is 12.1 Å². The zero-order chi connectivity index (χ0) is 12.8. The number of hydrogen-bond acceptors (Lipinski definition) is 4. The lowest BCUT2D eigenvalue weighted by atomic mass is 10.1. The van der Waals surface area contributed by atoms with E-state index >= 15 is 0 Å². The van der Waals surface area contributed by atoms with Crippen molar-refractivity contribution in [1.29, 1.82) is 0 Å². The third kappa shape index (κ3) is 3.91. The average molecular weight is 258 g/mol. The van der Waals surface area contributed by atoms with Gasteiger partial charge in [0.1, 0.15) is 5.75 Å². The molecule has 4 nitrogen and oxygen atoms in total. The molecule has 0 unspecified atom stereocenters. The van der Waals surface area contributed by atoms with Gasteiger partial charge in [0.05, 0.1) is 25.3 Å². The van der Waals surface area contributed by atoms with Crippen LogP contribution in [0.2, 0.25) is 5.02 Å². The second-order valence-corrected chi connectivity index (χ2v) is 4.00. The summed E-state index contributed by atoms with van der Waals surface area (Å²) in [5, 5.41) is 0.554. The van der Waals surface area contributed by atoms with Crippen LogP contribution < -0.4 is 10.5 Å². The van der Waals surface area contributed by atoms with Gasteiger partial charge in [0, 0.05) is 6.42 Å². The van der Waals surface area contributed by atoms with E-state index in [4.69, 9.17) is 26.8 Å². The maximum absolute atomic E-state index is 10.9. The zero-order valence-corrected chi connectivity index (χ0v) is 10.7. The SMILES string of the molecule is COc1cc(C)c(CCOC(=O)CN)cc1Cl. The lowest BCUT2D eigenvalue weighted by Gasteiger charge is -2.10. The van der Waals surface area contributed by atoms with Gasteiger partial charge in [-0.2, -0.15) is 0 Å². The molecule has 94 valence electrons. The van der Waals surface area contributed by atoms with E-state index in [9.17, 15) is 4.79 Å². The third-order valence-corrected chi connectivity index (χ3v) is 2.71. The number of ether oxygens (including phenoxy) is 2. The summed E-state index contributed by atoms with van der Waals surface area (Å²) < 4.78 is 10.0. The molecule has 2 N–H and O–H groups in total. The Balaban J connectivity index is 2.65. The summed E-state index contributed by atoms with van der Waals surface area (Å²) in [6.45, 7) is 2.17. The Morgan fingerprint density at radius 2 is 2.18 bits per heavy atom. The number of esters is 1. The molecule has 0 saturated heterocycles. The first-order valence-electron chi connectivity index (χ1n) is 5.27. The van der Waals surface area contributed by atoms with Crippen molar-refractivity contribution in [3.05, 3.63) is 28.3 Å². The van der Waals surface area contributed by atoms with Crippen molar-refractivity contribution in [1.82, 2.24) is 0 Å². The molecule has 0 saturated carbocycles. The molecule has 0 spiro atoms. The average Bonchev–Trinajstić information content (AvgIpc) is 2.32. The van der Waals surface area contributed by atoms with Gasteiger partial charge in [-0.1, -0.05) is 11.6 Å². The van der Waals surface area contributed by atoms with E-state index in [1.807, 2.05) is 19.1 Å². The van der Waals surface area contributed by atoms with Crippen molar-refractivity contribution in [2.24, 2.45) is 5.73 Å². The largest absolute Gasteiger partial charge is 0.495 e. The third-order valence-electron chi connectivity index (χ3n) is 2.41. The van der Waals surface area contributed by atoms with Crippen LogP contribution >= 0.6 is 11.6 Å². The van der Waals surface area contributed by atoms with Gasteiger partial charge in [0.25, 0.3) is 0 Å². The molecule has 0 aromatic heterocycles. The first-order valence-corrected chi connectivity index (χ1v) is 5.65. The number of hydrogen-bond donors (Lipinski definition) is 1. The van der Waals surface area contributed by atoms with E-state index in [-0.39, 0.29) is 6.54 Å². The van der Waals surface area contributed by atoms with Crippen molar-refractivity contribution in [3.63, 3.8) is 0 Å². The van der Waals surface area contributed by atoms with Gasteiger partial charge in [0.15, 0.2) is 0 Å². The van der Waals surface area contributed by atoms with Gasteiger partial charge >= 0.3 is 5.97 Å². The number of benzene rings is 1. The highest BCUT2D eigenvalue weighted by Crippen LogP contribution is 2.27. The van der Waals surface area contributed by atoms with Crippen molar-refractivity contribution < 1.29 is 14.3 Å². The summed E-state index contributed by atoms with van der Waals surface area (Å²) in [6.07, 6.45) is 0.612. The van der Waals surface area contributed by atoms with E-state index in [0.29, 0.717) is 23.8 Å². The highest BCUT2D eigenvalue weighted by atomic mass is 35.5. The first-order chi connectivity index (χ1) is 8.08. The number of rotatable bonds is 5. The first kappa shape index (κ1) is 13.8. The lowest BCUT2D eigenvalue weighted by Crippen LogP contribution is -2.18. The molecule has 0 atom stereocenters. The number of halogens is 1. The Hall–Kier alpha value is -1.26. The lowest BCUT2D eigenvalue weighted by molar-refractivity contribution is -0.141. The van der Waals surface area contributed by atoms with Gasteiger partial charge in [-0.05, 0) is 30.2 Å². The van der Waals surface area contributed by atoms with Crippen LogP contribution in [0.1, 0.15) is 11.1 Å². The van der Waals surface area contributed by atoms with Crippen molar-refractivity contribution >= 4 is 17.6 Å². The quantitative estimate of drug-likeness (QED) is 0.816. The van der Waals surface area contributed by atoms with Crippen LogP contribution in [0, 0.1) is 6.92 Å². The minimum Gasteiger partial charge on any atom is -0.495 e. The van der Waals surface area contributed by atoms with Crippen LogP contribution in [0.25, 0.3) is 0 Å². The number of carbonyl (C=O) groups excluding carboxylic acids is 1. The molecule has 0 aliphatic rings. The van der Waals surface area contributed by atoms with Gasteiger partial charge in [-0.15, -0.1) is 0 Å². The maximum Gasteiger partial charge on any atom is 0.319 e. The Kier molecular flexibility index (Phi) is 5.25. The Bertz CT molecular complexity index is 407. The van der Waals surface area contributed by atoms with Crippen molar-refractivity contribution in [2.75, 3.05) is 20.3 Å². The van der Waals surface area contributed by atoms with Crippen molar-refractivity contribution in [2.45, 2.75) is 13.3 Å². The fraction of sp³-hybridized carbons (Fsp3) is 0.417. The normalized spacial score (nSPS) is 10.1. The molecule has 5 heteroatoms. The summed E-state index contributed by atoms with van der Waals surface area (Å²) >= 11 is 6.02. The van der Waals surface area contributed by atoms with E-state index in [1.54, 1.807) is 7.11 Å². The van der Waals surface area contributed by atoms with Gasteiger partial charge < -0.3 is 15.2 Å². The molecule has 0 heterocycles. The van der Waals surface area contributed by atoms with E-state index < -0.39 is 5.97 Å². The molecule has 0 radical (unpaired) electrons. The molecular weight excluding hydrogens is 242 g/mol. The van der Waals surface area contributed by atoms with Crippen LogP contribution in [0.5, 0.6) is 5.75 Å². The minimum absolute atomic E-state index is 0.0949. The van der Waals surface area contributed by atoms with Gasteiger partial charge in [-0.3, -0.25) is 4.79 Å². The highest BCUT2D eigenvalue weighted by Gasteiger charge is 2.07. The smallest absolute Gasteiger partial charge is 0.319 e. The summed E-state index contributed by atoms with van der Waals surface area (Å²) in [4.78, 5) is 10.9. The fourth-order valence-corrected chi connectivity index (χ4v) is 1.72. The Morgan fingerprint density at radius 1 is 1.47 bits per heavy atom. The maximum atomic E-state index is 10.9. The summed E-state index contributed by atoms with van der Waals surface area (Å²) in [5.74, 6) is 0.245. The van der Waals surface area contributed by atoms with E-state index in [2.05, 4.69) is 0 Å². The molecule has 0 aliphatic heterocycles. The summed E-state index contributed by atoms with van der Waals surface area (Å²) in [6, 6.07) is 3.69. The zero-order valence-electron chi connectivity index (χ0n) is 9.96. The fourth-order valence-electron chi connectivity index (χ4n) is 1.46. The molecule has 0 fully saturated rings. The minimum atomic E-state index is -0.401. The monoisotopic (exact) mass is 257 g/mol. The molecule has 0 bridgehead atoms.